The second kappa shape index (κ2) is 6.25. The molecule has 7 nitrogen and oxygen atoms in total. The van der Waals surface area contributed by atoms with E-state index in [-0.39, 0.29) is 12.2 Å². The summed E-state index contributed by atoms with van der Waals surface area (Å²) in [4.78, 5) is 15.9. The molecule has 1 aromatic rings. The predicted molar refractivity (Wildman–Crippen MR) is 82.6 cm³/mol. The summed E-state index contributed by atoms with van der Waals surface area (Å²) in [7, 11) is 0. The normalized spacial score (nSPS) is 24.5. The molecule has 23 heavy (non-hydrogen) atoms. The van der Waals surface area contributed by atoms with Crippen molar-refractivity contribution >= 4 is 6.09 Å². The van der Waals surface area contributed by atoms with E-state index in [0.717, 1.165) is 50.8 Å². The molecule has 0 radical (unpaired) electrons. The van der Waals surface area contributed by atoms with Crippen LogP contribution in [0.15, 0.2) is 18.2 Å². The summed E-state index contributed by atoms with van der Waals surface area (Å²) in [5.74, 6) is 1.68. The first kappa shape index (κ1) is 14.6. The van der Waals surface area contributed by atoms with Crippen LogP contribution in [0, 0.1) is 0 Å². The quantitative estimate of drug-likeness (QED) is 0.879. The second-order valence-corrected chi connectivity index (χ2v) is 6.17. The smallest absolute Gasteiger partial charge is 0.407 e. The van der Waals surface area contributed by atoms with Crippen LogP contribution in [0.25, 0.3) is 0 Å². The highest BCUT2D eigenvalue weighted by Crippen LogP contribution is 2.32. The number of ether oxygens (including phenoxy) is 3. The molecule has 1 atom stereocenters. The molecule has 0 aromatic heterocycles. The number of hydrogen-bond acceptors (Lipinski definition) is 6. The average Bonchev–Trinajstić information content (AvgIpc) is 3.17. The Morgan fingerprint density at radius 2 is 1.87 bits per heavy atom. The van der Waals surface area contributed by atoms with Crippen LogP contribution >= 0.6 is 0 Å². The minimum atomic E-state index is -0.295. The van der Waals surface area contributed by atoms with Crippen LogP contribution in [0.5, 0.6) is 11.5 Å². The number of alkyl carbamates (subject to hydrolysis) is 1. The van der Waals surface area contributed by atoms with Gasteiger partial charge >= 0.3 is 6.09 Å². The minimum Gasteiger partial charge on any atom is -0.454 e. The zero-order chi connectivity index (χ0) is 15.6. The van der Waals surface area contributed by atoms with E-state index in [4.69, 9.17) is 14.2 Å². The maximum absolute atomic E-state index is 11.1. The first-order chi connectivity index (χ1) is 11.3. The molecule has 1 unspecified atom stereocenters. The fourth-order valence-electron chi connectivity index (χ4n) is 3.25. The monoisotopic (exact) mass is 319 g/mol. The number of cyclic esters (lactones) is 1. The van der Waals surface area contributed by atoms with Gasteiger partial charge in [0.1, 0.15) is 6.10 Å². The lowest BCUT2D eigenvalue weighted by Gasteiger charge is -2.35. The second-order valence-electron chi connectivity index (χ2n) is 6.17. The zero-order valence-electron chi connectivity index (χ0n) is 13.0. The van der Waals surface area contributed by atoms with Crippen molar-refractivity contribution in [3.63, 3.8) is 0 Å². The lowest BCUT2D eigenvalue weighted by atomic mass is 10.1. The molecule has 2 saturated heterocycles. The van der Waals surface area contributed by atoms with E-state index < -0.39 is 0 Å². The zero-order valence-corrected chi connectivity index (χ0v) is 13.0. The number of benzene rings is 1. The molecule has 0 saturated carbocycles. The van der Waals surface area contributed by atoms with Crippen molar-refractivity contribution in [2.45, 2.75) is 12.6 Å². The summed E-state index contributed by atoms with van der Waals surface area (Å²) in [6, 6.07) is 6.15. The molecule has 3 heterocycles. The molecule has 1 aromatic carbocycles. The van der Waals surface area contributed by atoms with Gasteiger partial charge in [-0.3, -0.25) is 9.80 Å². The Bertz CT molecular complexity index is 587. The highest BCUT2D eigenvalue weighted by atomic mass is 16.7. The summed E-state index contributed by atoms with van der Waals surface area (Å²) in [6.07, 6.45) is -0.306. The van der Waals surface area contributed by atoms with Gasteiger partial charge in [-0.25, -0.2) is 4.79 Å². The van der Waals surface area contributed by atoms with Gasteiger partial charge in [0, 0.05) is 39.3 Å². The highest BCUT2D eigenvalue weighted by Gasteiger charge is 2.26. The number of hydrogen-bond donors (Lipinski definition) is 1. The van der Waals surface area contributed by atoms with E-state index >= 15 is 0 Å². The van der Waals surface area contributed by atoms with Crippen molar-refractivity contribution in [2.24, 2.45) is 0 Å². The molecule has 3 aliphatic heterocycles. The molecule has 0 spiro atoms. The molecular formula is C16H21N3O4. The number of carbonyl (C=O) groups excluding carboxylic acids is 1. The number of carbonyl (C=O) groups is 1. The number of rotatable bonds is 4. The van der Waals surface area contributed by atoms with E-state index in [0.29, 0.717) is 13.3 Å². The first-order valence-corrected chi connectivity index (χ1v) is 8.04. The molecule has 1 amide bonds. The first-order valence-electron chi connectivity index (χ1n) is 8.04. The fraction of sp³-hybridized carbons (Fsp3) is 0.562. The van der Waals surface area contributed by atoms with Crippen LogP contribution in [0.4, 0.5) is 4.79 Å². The van der Waals surface area contributed by atoms with Gasteiger partial charge in [0.25, 0.3) is 0 Å². The van der Waals surface area contributed by atoms with Gasteiger partial charge in [-0.15, -0.1) is 0 Å². The van der Waals surface area contributed by atoms with Gasteiger partial charge in [0.15, 0.2) is 11.5 Å². The van der Waals surface area contributed by atoms with Crippen molar-refractivity contribution in [1.82, 2.24) is 15.1 Å². The van der Waals surface area contributed by atoms with E-state index in [2.05, 4.69) is 27.2 Å². The van der Waals surface area contributed by atoms with Crippen LogP contribution in [-0.4, -0.2) is 68.1 Å². The third-order valence-corrected chi connectivity index (χ3v) is 4.52. The lowest BCUT2D eigenvalue weighted by Crippen LogP contribution is -2.48. The van der Waals surface area contributed by atoms with Gasteiger partial charge in [-0.1, -0.05) is 6.07 Å². The Kier molecular flexibility index (Phi) is 3.97. The van der Waals surface area contributed by atoms with Crippen molar-refractivity contribution in [3.05, 3.63) is 23.8 Å². The fourth-order valence-corrected chi connectivity index (χ4v) is 3.25. The average molecular weight is 319 g/mol. The predicted octanol–water partition coefficient (Wildman–Crippen LogP) is 0.641. The Morgan fingerprint density at radius 3 is 2.65 bits per heavy atom. The number of nitrogens with zero attached hydrogens (tertiary/aromatic N) is 2. The van der Waals surface area contributed by atoms with Crippen LogP contribution in [-0.2, 0) is 11.3 Å². The Morgan fingerprint density at radius 1 is 1.09 bits per heavy atom. The summed E-state index contributed by atoms with van der Waals surface area (Å²) in [6.45, 7) is 6.71. The van der Waals surface area contributed by atoms with Crippen LogP contribution in [0.3, 0.4) is 0 Å². The summed E-state index contributed by atoms with van der Waals surface area (Å²) in [5.41, 5.74) is 1.25. The molecule has 0 bridgehead atoms. The van der Waals surface area contributed by atoms with Gasteiger partial charge in [0.05, 0.1) is 6.54 Å². The molecule has 3 aliphatic rings. The van der Waals surface area contributed by atoms with Gasteiger partial charge < -0.3 is 19.5 Å². The van der Waals surface area contributed by atoms with Crippen molar-refractivity contribution in [2.75, 3.05) is 46.1 Å². The lowest BCUT2D eigenvalue weighted by molar-refractivity contribution is 0.0746. The number of fused-ring (bicyclic) bond motifs is 1. The maximum Gasteiger partial charge on any atom is 0.407 e. The van der Waals surface area contributed by atoms with Crippen molar-refractivity contribution in [3.8, 4) is 11.5 Å². The topological polar surface area (TPSA) is 63.3 Å². The third-order valence-electron chi connectivity index (χ3n) is 4.52. The van der Waals surface area contributed by atoms with Crippen LogP contribution < -0.4 is 14.8 Å². The Hall–Kier alpha value is -1.99. The molecule has 7 heteroatoms. The molecule has 124 valence electrons. The van der Waals surface area contributed by atoms with Crippen molar-refractivity contribution < 1.29 is 19.0 Å². The molecule has 0 aliphatic carbocycles. The Balaban J connectivity index is 1.26. The molecule has 1 N–H and O–H groups in total. The van der Waals surface area contributed by atoms with E-state index in [9.17, 15) is 4.79 Å². The summed E-state index contributed by atoms with van der Waals surface area (Å²) in [5, 5.41) is 2.70. The maximum atomic E-state index is 11.1. The molecule has 4 rings (SSSR count). The highest BCUT2D eigenvalue weighted by molar-refractivity contribution is 5.69. The van der Waals surface area contributed by atoms with Gasteiger partial charge in [0.2, 0.25) is 6.79 Å². The number of piperazine rings is 1. The molecule has 2 fully saturated rings. The number of amides is 1. The van der Waals surface area contributed by atoms with E-state index in [1.807, 2.05) is 6.07 Å². The van der Waals surface area contributed by atoms with Crippen LogP contribution in [0.2, 0.25) is 0 Å². The van der Waals surface area contributed by atoms with Crippen LogP contribution in [0.1, 0.15) is 5.56 Å². The van der Waals surface area contributed by atoms with Crippen molar-refractivity contribution in [1.29, 1.82) is 0 Å². The number of nitrogens with one attached hydrogen (secondary N) is 1. The largest absolute Gasteiger partial charge is 0.454 e. The standard InChI is InChI=1S/C16H21N3O4/c20-16-17-8-13(23-16)10-19-5-3-18(4-6-19)9-12-1-2-14-15(7-12)22-11-21-14/h1-2,7,13H,3-6,8-11H2,(H,17,20). The summed E-state index contributed by atoms with van der Waals surface area (Å²) < 4.78 is 16.0. The van der Waals surface area contributed by atoms with E-state index in [1.165, 1.54) is 5.56 Å². The Labute approximate surface area is 135 Å². The third kappa shape index (κ3) is 3.35. The van der Waals surface area contributed by atoms with Gasteiger partial charge in [-0.2, -0.15) is 0 Å². The minimum absolute atomic E-state index is 0.0112. The summed E-state index contributed by atoms with van der Waals surface area (Å²) >= 11 is 0. The molecular weight excluding hydrogens is 298 g/mol. The SMILES string of the molecule is O=C1NCC(CN2CCN(Cc3ccc4c(c3)OCO4)CC2)O1. The van der Waals surface area contributed by atoms with E-state index in [1.54, 1.807) is 0 Å². The van der Waals surface area contributed by atoms with Gasteiger partial charge in [-0.05, 0) is 17.7 Å².